The number of hydrogen-bond acceptors (Lipinski definition) is 18. The molecule has 0 saturated carbocycles. The number of hydrogen-bond donors (Lipinski definition) is 0. The molecule has 0 fully saturated rings. The number of likely N-dealkylation sites (N-methyl/N-ethyl adjacent to an activating group) is 2. The molecule has 0 aliphatic carbocycles. The van der Waals surface area contributed by atoms with Gasteiger partial charge in [0.2, 0.25) is 0 Å². The third-order valence-corrected chi connectivity index (χ3v) is 8.97. The highest BCUT2D eigenvalue weighted by Crippen LogP contribution is 2.38. The normalized spacial score (nSPS) is 11.0. The summed E-state index contributed by atoms with van der Waals surface area (Å²) in [5, 5.41) is 19.6. The molecule has 0 radical (unpaired) electrons. The predicted molar refractivity (Wildman–Crippen MR) is 246 cm³/mol. The van der Waals surface area contributed by atoms with E-state index in [9.17, 15) is 29.7 Å². The minimum Gasteiger partial charge on any atom is -0.493 e. The smallest absolute Gasteiger partial charge is 0.349 e. The van der Waals surface area contributed by atoms with Crippen LogP contribution < -0.4 is 28.7 Å². The van der Waals surface area contributed by atoms with Crippen LogP contribution in [0.15, 0.2) is 60.7 Å². The maximum Gasteiger partial charge on any atom is 0.349 e. The van der Waals surface area contributed by atoms with Crippen LogP contribution in [0.4, 0.5) is 11.4 Å². The van der Waals surface area contributed by atoms with Crippen LogP contribution in [-0.2, 0) is 47.6 Å². The van der Waals surface area contributed by atoms with Crippen LogP contribution in [0.2, 0.25) is 0 Å². The zero-order valence-corrected chi connectivity index (χ0v) is 38.9. The number of anilines is 2. The van der Waals surface area contributed by atoms with Crippen molar-refractivity contribution in [3.05, 3.63) is 71.8 Å². The van der Waals surface area contributed by atoms with E-state index in [1.165, 1.54) is 12.2 Å². The Kier molecular flexibility index (Phi) is 26.5. The second kappa shape index (κ2) is 31.8. The highest BCUT2D eigenvalue weighted by atomic mass is 16.6. The van der Waals surface area contributed by atoms with Crippen LogP contribution >= 0.6 is 0 Å². The molecule has 66 heavy (non-hydrogen) atoms. The molecule has 0 aliphatic heterocycles. The first-order valence-electron chi connectivity index (χ1n) is 21.7. The van der Waals surface area contributed by atoms with E-state index >= 15 is 0 Å². The lowest BCUT2D eigenvalue weighted by atomic mass is 10.1. The fourth-order valence-electron chi connectivity index (χ4n) is 5.92. The Morgan fingerprint density at radius 3 is 1.11 bits per heavy atom. The molecule has 0 heterocycles. The van der Waals surface area contributed by atoms with E-state index in [4.69, 9.17) is 47.4 Å². The van der Waals surface area contributed by atoms with Crippen molar-refractivity contribution in [2.24, 2.45) is 0 Å². The summed E-state index contributed by atoms with van der Waals surface area (Å²) >= 11 is 0. The van der Waals surface area contributed by atoms with Crippen LogP contribution in [0, 0.1) is 22.7 Å². The van der Waals surface area contributed by atoms with Gasteiger partial charge in [-0.3, -0.25) is 0 Å². The quantitative estimate of drug-likeness (QED) is 0.0263. The minimum atomic E-state index is -0.896. The summed E-state index contributed by atoms with van der Waals surface area (Å²) in [4.78, 5) is 52.2. The molecule has 2 aromatic carbocycles. The molecule has 0 saturated heterocycles. The van der Waals surface area contributed by atoms with Gasteiger partial charge in [-0.15, -0.1) is 0 Å². The molecule has 18 nitrogen and oxygen atoms in total. The number of benzene rings is 2. The van der Waals surface area contributed by atoms with Crippen LogP contribution in [0.5, 0.6) is 23.0 Å². The Bertz CT molecular complexity index is 1870. The third kappa shape index (κ3) is 18.6. The van der Waals surface area contributed by atoms with Crippen molar-refractivity contribution in [2.75, 3.05) is 115 Å². The zero-order valence-electron chi connectivity index (χ0n) is 38.9. The molecular formula is C48H62N4O14. The average Bonchev–Trinajstić information content (AvgIpc) is 3.31. The lowest BCUT2D eigenvalue weighted by Crippen LogP contribution is -2.29. The molecule has 18 heteroatoms. The average molecular weight is 919 g/mol. The second-order valence-corrected chi connectivity index (χ2v) is 13.2. The molecule has 0 aromatic heterocycles. The van der Waals surface area contributed by atoms with Crippen molar-refractivity contribution in [1.82, 2.24) is 0 Å². The highest BCUT2D eigenvalue weighted by Gasteiger charge is 2.21. The summed E-state index contributed by atoms with van der Waals surface area (Å²) in [7, 11) is 0. The van der Waals surface area contributed by atoms with E-state index in [-0.39, 0.29) is 37.6 Å². The second-order valence-electron chi connectivity index (χ2n) is 13.2. The van der Waals surface area contributed by atoms with Gasteiger partial charge in [0.05, 0.1) is 64.0 Å². The largest absolute Gasteiger partial charge is 0.493 e. The Hall–Kier alpha value is -7.02. The van der Waals surface area contributed by atoms with Gasteiger partial charge in [-0.25, -0.2) is 19.2 Å². The van der Waals surface area contributed by atoms with E-state index in [0.29, 0.717) is 113 Å². The maximum atomic E-state index is 12.7. The lowest BCUT2D eigenvalue weighted by Gasteiger charge is -2.26. The number of carbonyl (C=O) groups excluding carboxylic acids is 4. The molecule has 0 N–H and O–H groups in total. The Morgan fingerprint density at radius 1 is 0.515 bits per heavy atom. The topological polar surface area (TPSA) is 215 Å². The Balaban J connectivity index is 2.09. The lowest BCUT2D eigenvalue weighted by molar-refractivity contribution is -0.146. The van der Waals surface area contributed by atoms with Crippen LogP contribution in [0.1, 0.15) is 52.7 Å². The van der Waals surface area contributed by atoms with E-state index in [0.717, 1.165) is 23.5 Å². The summed E-state index contributed by atoms with van der Waals surface area (Å²) in [6, 6.07) is 11.0. The Morgan fingerprint density at radius 2 is 0.833 bits per heavy atom. The molecule has 0 spiro atoms. The summed E-state index contributed by atoms with van der Waals surface area (Å²) in [6.45, 7) is 22.0. The minimum absolute atomic E-state index is 0.192. The highest BCUT2D eigenvalue weighted by molar-refractivity contribution is 5.99. The standard InChI is InChI=1S/C48H62N4O14/c1-9-45(53)63-23-25-65-47(55)35(33-49)27-39-41(59-13-5)29-37(30-42(39)60-14-6)51(11-3)17-19-57-21-22-58-20-18-52(12-4)38-31-43(61-15-7)40(44(32-38)62-16-8)28-36(34-50)48(56)66-26-24-64-46(54)10-2/h9-10,27-32H,1-2,11-26H2,3-8H3. The molecular weight excluding hydrogens is 857 g/mol. The molecule has 2 aromatic rings. The fourth-order valence-corrected chi connectivity index (χ4v) is 5.92. The van der Waals surface area contributed by atoms with Crippen LogP contribution in [0.3, 0.4) is 0 Å². The number of nitriles is 2. The van der Waals surface area contributed by atoms with Crippen LogP contribution in [-0.4, -0.2) is 129 Å². The van der Waals surface area contributed by atoms with Gasteiger partial charge in [0, 0.05) is 74.0 Å². The summed E-state index contributed by atoms with van der Waals surface area (Å²) < 4.78 is 55.6. The van der Waals surface area contributed by atoms with E-state index in [2.05, 4.69) is 23.0 Å². The SMILES string of the molecule is C=CC(=O)OCCOC(=O)C(C#N)=Cc1c(OCC)cc(N(CC)CCOCCOCCN(CC)c2cc(OCC)c(C=C(C#N)C(=O)OCCOC(=O)C=C)c(OCC)c2)cc1OCC. The van der Waals surface area contributed by atoms with Gasteiger partial charge < -0.3 is 57.2 Å². The van der Waals surface area contributed by atoms with Gasteiger partial charge >= 0.3 is 23.9 Å². The first-order valence-corrected chi connectivity index (χ1v) is 21.7. The molecule has 0 amide bonds. The molecule has 0 atom stereocenters. The molecule has 0 bridgehead atoms. The van der Waals surface area contributed by atoms with Gasteiger partial charge in [0.1, 0.15) is 72.7 Å². The number of carbonyl (C=O) groups is 4. The van der Waals surface area contributed by atoms with Gasteiger partial charge in [-0.05, 0) is 53.7 Å². The van der Waals surface area contributed by atoms with E-state index < -0.39 is 23.9 Å². The molecule has 358 valence electrons. The molecule has 0 unspecified atom stereocenters. The van der Waals surface area contributed by atoms with Crippen molar-refractivity contribution in [1.29, 1.82) is 10.5 Å². The monoisotopic (exact) mass is 918 g/mol. The predicted octanol–water partition coefficient (Wildman–Crippen LogP) is 6.03. The number of nitrogens with zero attached hydrogens (tertiary/aromatic N) is 4. The summed E-state index contributed by atoms with van der Waals surface area (Å²) in [6.07, 6.45) is 4.69. The van der Waals surface area contributed by atoms with Gasteiger partial charge in [0.25, 0.3) is 0 Å². The van der Waals surface area contributed by atoms with Crippen LogP contribution in [0.25, 0.3) is 12.2 Å². The van der Waals surface area contributed by atoms with Crippen molar-refractivity contribution in [3.8, 4) is 35.1 Å². The number of esters is 4. The maximum absolute atomic E-state index is 12.7. The van der Waals surface area contributed by atoms with Crippen molar-refractivity contribution < 1.29 is 66.5 Å². The first-order chi connectivity index (χ1) is 32.0. The molecule has 0 aliphatic rings. The fraction of sp³-hybridized carbons (Fsp3) is 0.458. The number of ether oxygens (including phenoxy) is 10. The van der Waals surface area contributed by atoms with Gasteiger partial charge in [-0.1, -0.05) is 13.2 Å². The number of rotatable bonds is 33. The zero-order chi connectivity index (χ0) is 48.7. The van der Waals surface area contributed by atoms with Crippen molar-refractivity contribution in [2.45, 2.75) is 41.5 Å². The third-order valence-electron chi connectivity index (χ3n) is 8.97. The molecule has 2 rings (SSSR count). The summed E-state index contributed by atoms with van der Waals surface area (Å²) in [5.74, 6) is -1.51. The van der Waals surface area contributed by atoms with E-state index in [1.54, 1.807) is 0 Å². The van der Waals surface area contributed by atoms with Crippen molar-refractivity contribution >= 4 is 47.4 Å². The van der Waals surface area contributed by atoms with E-state index in [1.807, 2.05) is 77.9 Å². The van der Waals surface area contributed by atoms with Gasteiger partial charge in [-0.2, -0.15) is 10.5 Å². The summed E-state index contributed by atoms with van der Waals surface area (Å²) in [5.41, 5.74) is 1.76. The van der Waals surface area contributed by atoms with Crippen molar-refractivity contribution in [3.63, 3.8) is 0 Å². The Labute approximate surface area is 387 Å². The first kappa shape index (κ1) is 55.1. The van der Waals surface area contributed by atoms with Gasteiger partial charge in [0.15, 0.2) is 0 Å².